The molecule has 10 nitrogen and oxygen atoms in total. The summed E-state index contributed by atoms with van der Waals surface area (Å²) in [5.74, 6) is 0.702. The molecule has 0 atom stereocenters. The highest BCUT2D eigenvalue weighted by Crippen LogP contribution is 2.29. The Morgan fingerprint density at radius 2 is 1.97 bits per heavy atom. The molecular formula is C20H22N4O6S. The molecule has 0 bridgehead atoms. The molecule has 1 aliphatic rings. The van der Waals surface area contributed by atoms with Crippen LogP contribution in [0.1, 0.15) is 5.56 Å². The monoisotopic (exact) mass is 446 g/mol. The van der Waals surface area contributed by atoms with E-state index in [1.54, 1.807) is 19.3 Å². The number of ether oxygens (including phenoxy) is 2. The number of benzene rings is 2. The summed E-state index contributed by atoms with van der Waals surface area (Å²) in [4.78, 5) is 10.7. The van der Waals surface area contributed by atoms with Crippen LogP contribution >= 0.6 is 0 Å². The number of anilines is 1. The maximum absolute atomic E-state index is 12.7. The molecule has 0 amide bonds. The zero-order valence-corrected chi connectivity index (χ0v) is 17.6. The normalized spacial score (nSPS) is 15.4. The van der Waals surface area contributed by atoms with Gasteiger partial charge in [0.15, 0.2) is 0 Å². The Bertz CT molecular complexity index is 1090. The molecule has 0 radical (unpaired) electrons. The van der Waals surface area contributed by atoms with Crippen LogP contribution in [0.3, 0.4) is 0 Å². The number of rotatable bonds is 8. The molecule has 2 aromatic carbocycles. The third kappa shape index (κ3) is 5.45. The molecule has 3 rings (SSSR count). The number of nitro groups is 1. The lowest BCUT2D eigenvalue weighted by Crippen LogP contribution is -2.40. The van der Waals surface area contributed by atoms with Gasteiger partial charge >= 0.3 is 0 Å². The quantitative estimate of drug-likeness (QED) is 0.376. The van der Waals surface area contributed by atoms with Gasteiger partial charge in [0, 0.05) is 30.9 Å². The third-order valence-electron chi connectivity index (χ3n) is 4.53. The van der Waals surface area contributed by atoms with Crippen LogP contribution in [0.4, 0.5) is 11.4 Å². The molecule has 0 aromatic heterocycles. The molecule has 31 heavy (non-hydrogen) atoms. The fourth-order valence-electron chi connectivity index (χ4n) is 2.95. The van der Waals surface area contributed by atoms with E-state index in [4.69, 9.17) is 9.47 Å². The highest BCUT2D eigenvalue weighted by Gasteiger charge is 2.28. The summed E-state index contributed by atoms with van der Waals surface area (Å²) < 4.78 is 37.1. The van der Waals surface area contributed by atoms with Gasteiger partial charge in [-0.05, 0) is 30.4 Å². The summed E-state index contributed by atoms with van der Waals surface area (Å²) in [6, 6.07) is 11.1. The van der Waals surface area contributed by atoms with Crippen molar-refractivity contribution in [2.45, 2.75) is 4.90 Å². The lowest BCUT2D eigenvalue weighted by atomic mass is 10.2. The Hall–Kier alpha value is -3.28. The number of sulfonamides is 1. The van der Waals surface area contributed by atoms with Gasteiger partial charge in [0.2, 0.25) is 10.0 Å². The molecule has 0 unspecified atom stereocenters. The topological polar surface area (TPSA) is 123 Å². The summed E-state index contributed by atoms with van der Waals surface area (Å²) in [6.45, 7) is 0.994. The molecule has 0 saturated carbocycles. The van der Waals surface area contributed by atoms with Crippen LogP contribution in [0, 0.1) is 10.1 Å². The first-order chi connectivity index (χ1) is 14.9. The number of methoxy groups -OCH3 is 1. The van der Waals surface area contributed by atoms with E-state index in [-0.39, 0.29) is 42.6 Å². The second kappa shape index (κ2) is 10.2. The van der Waals surface area contributed by atoms with E-state index in [0.717, 1.165) is 11.6 Å². The van der Waals surface area contributed by atoms with Crippen molar-refractivity contribution in [1.29, 1.82) is 0 Å². The van der Waals surface area contributed by atoms with Gasteiger partial charge in [-0.2, -0.15) is 9.41 Å². The predicted molar refractivity (Wildman–Crippen MR) is 117 cm³/mol. The van der Waals surface area contributed by atoms with E-state index in [1.807, 2.05) is 24.3 Å². The zero-order chi connectivity index (χ0) is 22.3. The van der Waals surface area contributed by atoms with E-state index in [2.05, 4.69) is 10.5 Å². The maximum atomic E-state index is 12.7. The molecule has 1 fully saturated rings. The number of nitro benzene ring substituents is 1. The number of morpholine rings is 1. The fourth-order valence-corrected chi connectivity index (χ4v) is 4.38. The van der Waals surface area contributed by atoms with E-state index in [1.165, 1.54) is 22.7 Å². The molecule has 164 valence electrons. The molecule has 11 heteroatoms. The summed E-state index contributed by atoms with van der Waals surface area (Å²) in [5, 5.41) is 15.4. The van der Waals surface area contributed by atoms with Gasteiger partial charge in [-0.25, -0.2) is 8.42 Å². The fraction of sp³-hybridized carbons (Fsp3) is 0.250. The van der Waals surface area contributed by atoms with Gasteiger partial charge in [0.1, 0.15) is 11.4 Å². The van der Waals surface area contributed by atoms with Crippen molar-refractivity contribution >= 4 is 33.7 Å². The number of hydrazone groups is 1. The molecule has 1 saturated heterocycles. The van der Waals surface area contributed by atoms with Crippen LogP contribution < -0.4 is 10.2 Å². The third-order valence-corrected chi connectivity index (χ3v) is 6.43. The van der Waals surface area contributed by atoms with Crippen LogP contribution in [0.5, 0.6) is 5.75 Å². The van der Waals surface area contributed by atoms with Gasteiger partial charge in [0.05, 0.1) is 30.1 Å². The lowest BCUT2D eigenvalue weighted by molar-refractivity contribution is -0.384. The maximum Gasteiger partial charge on any atom is 0.295 e. The van der Waals surface area contributed by atoms with Gasteiger partial charge in [-0.1, -0.05) is 18.2 Å². The van der Waals surface area contributed by atoms with Crippen molar-refractivity contribution < 1.29 is 22.8 Å². The Balaban J connectivity index is 1.75. The van der Waals surface area contributed by atoms with Crippen LogP contribution in [-0.2, 0) is 14.8 Å². The smallest absolute Gasteiger partial charge is 0.295 e. The highest BCUT2D eigenvalue weighted by atomic mass is 32.2. The second-order valence-electron chi connectivity index (χ2n) is 6.44. The minimum Gasteiger partial charge on any atom is -0.496 e. The van der Waals surface area contributed by atoms with Crippen LogP contribution in [0.25, 0.3) is 6.08 Å². The predicted octanol–water partition coefficient (Wildman–Crippen LogP) is 2.74. The number of para-hydroxylation sites is 1. The van der Waals surface area contributed by atoms with Crippen molar-refractivity contribution in [3.05, 3.63) is 64.2 Å². The highest BCUT2D eigenvalue weighted by molar-refractivity contribution is 7.89. The molecular weight excluding hydrogens is 424 g/mol. The average Bonchev–Trinajstić information content (AvgIpc) is 2.79. The summed E-state index contributed by atoms with van der Waals surface area (Å²) in [7, 11) is -2.27. The van der Waals surface area contributed by atoms with Gasteiger partial charge in [-0.15, -0.1) is 0 Å². The number of allylic oxidation sites excluding steroid dienone is 1. The van der Waals surface area contributed by atoms with Crippen LogP contribution in [-0.4, -0.2) is 57.3 Å². The minimum absolute atomic E-state index is 0.0767. The number of nitrogens with one attached hydrogen (secondary N) is 1. The van der Waals surface area contributed by atoms with Gasteiger partial charge in [-0.3, -0.25) is 15.5 Å². The molecule has 1 heterocycles. The van der Waals surface area contributed by atoms with E-state index in [0.29, 0.717) is 5.75 Å². The first-order valence-corrected chi connectivity index (χ1v) is 10.8. The standard InChI is InChI=1S/C20H22N4O6S/c1-29-20-7-3-2-5-16(20)6-4-10-21-22-18-9-8-17(15-19(18)24(25)26)31(27,28)23-11-13-30-14-12-23/h2-10,15,22H,11-14H2,1H3/b6-4+,21-10+. The molecule has 2 aromatic rings. The summed E-state index contributed by atoms with van der Waals surface area (Å²) in [5.41, 5.74) is 3.12. The van der Waals surface area contributed by atoms with Crippen molar-refractivity contribution in [3.63, 3.8) is 0 Å². The number of hydrogen-bond acceptors (Lipinski definition) is 8. The second-order valence-corrected chi connectivity index (χ2v) is 8.38. The first-order valence-electron chi connectivity index (χ1n) is 9.38. The molecule has 1 aliphatic heterocycles. The Morgan fingerprint density at radius 1 is 1.23 bits per heavy atom. The van der Waals surface area contributed by atoms with Crippen LogP contribution in [0.15, 0.2) is 58.5 Å². The van der Waals surface area contributed by atoms with E-state index >= 15 is 0 Å². The lowest BCUT2D eigenvalue weighted by Gasteiger charge is -2.26. The van der Waals surface area contributed by atoms with Gasteiger partial charge < -0.3 is 9.47 Å². The Kier molecular flexibility index (Phi) is 7.34. The Morgan fingerprint density at radius 3 is 2.68 bits per heavy atom. The molecule has 1 N–H and O–H groups in total. The zero-order valence-electron chi connectivity index (χ0n) is 16.8. The SMILES string of the molecule is COc1ccccc1/C=C/C=N/Nc1ccc(S(=O)(=O)N2CCOCC2)cc1[N+](=O)[O-]. The molecule has 0 aliphatic carbocycles. The average molecular weight is 446 g/mol. The van der Waals surface area contributed by atoms with Crippen molar-refractivity contribution in [1.82, 2.24) is 4.31 Å². The largest absolute Gasteiger partial charge is 0.496 e. The number of hydrogen-bond donors (Lipinski definition) is 1. The van der Waals surface area contributed by atoms with E-state index in [9.17, 15) is 18.5 Å². The molecule has 0 spiro atoms. The van der Waals surface area contributed by atoms with E-state index < -0.39 is 14.9 Å². The van der Waals surface area contributed by atoms with Gasteiger partial charge in [0.25, 0.3) is 5.69 Å². The Labute approximate surface area is 180 Å². The minimum atomic E-state index is -3.84. The van der Waals surface area contributed by atoms with Crippen molar-refractivity contribution in [3.8, 4) is 5.75 Å². The summed E-state index contributed by atoms with van der Waals surface area (Å²) >= 11 is 0. The van der Waals surface area contributed by atoms with Crippen LogP contribution in [0.2, 0.25) is 0 Å². The number of nitrogens with zero attached hydrogens (tertiary/aromatic N) is 3. The van der Waals surface area contributed by atoms with Crippen molar-refractivity contribution in [2.75, 3.05) is 38.8 Å². The van der Waals surface area contributed by atoms with Crippen molar-refractivity contribution in [2.24, 2.45) is 5.10 Å². The summed E-state index contributed by atoms with van der Waals surface area (Å²) in [6.07, 6.45) is 4.85. The first kappa shape index (κ1) is 22.4.